The predicted molar refractivity (Wildman–Crippen MR) is 117 cm³/mol. The van der Waals surface area contributed by atoms with Crippen LogP contribution in [-0.2, 0) is 14.4 Å². The van der Waals surface area contributed by atoms with Crippen molar-refractivity contribution in [1.82, 2.24) is 20.9 Å². The van der Waals surface area contributed by atoms with Gasteiger partial charge in [0.15, 0.2) is 0 Å². The molecule has 3 rings (SSSR count). The number of hydrogen-bond acceptors (Lipinski definition) is 5. The Morgan fingerprint density at radius 1 is 1.24 bits per heavy atom. The van der Waals surface area contributed by atoms with Crippen molar-refractivity contribution in [1.29, 1.82) is 5.26 Å². The average molecular weight is 486 g/mol. The Kier molecular flexibility index (Phi) is 7.80. The topological polar surface area (TPSA) is 114 Å². The lowest BCUT2D eigenvalue weighted by atomic mass is 9.85. The zero-order valence-corrected chi connectivity index (χ0v) is 19.9. The molecule has 3 N–H and O–H groups in total. The lowest BCUT2D eigenvalue weighted by Gasteiger charge is -2.36. The van der Waals surface area contributed by atoms with Gasteiger partial charge in [-0.15, -0.1) is 0 Å². The number of amides is 3. The number of likely N-dealkylation sites (tertiary alicyclic amines) is 1. The third kappa shape index (κ3) is 6.01. The van der Waals surface area contributed by atoms with E-state index in [0.29, 0.717) is 19.5 Å². The van der Waals surface area contributed by atoms with Crippen LogP contribution in [0.15, 0.2) is 0 Å². The fraction of sp³-hybridized carbons (Fsp3) is 0.826. The van der Waals surface area contributed by atoms with E-state index in [4.69, 9.17) is 0 Å². The van der Waals surface area contributed by atoms with Crippen LogP contribution in [0.3, 0.4) is 0 Å². The monoisotopic (exact) mass is 485 g/mol. The molecule has 0 aromatic rings. The van der Waals surface area contributed by atoms with E-state index in [1.54, 1.807) is 20.8 Å². The Morgan fingerprint density at radius 2 is 1.94 bits per heavy atom. The molecule has 0 spiro atoms. The number of nitrogens with one attached hydrogen (secondary N) is 3. The summed E-state index contributed by atoms with van der Waals surface area (Å²) in [5, 5.41) is 17.4. The minimum Gasteiger partial charge on any atom is -0.356 e. The van der Waals surface area contributed by atoms with Gasteiger partial charge >= 0.3 is 6.18 Å². The van der Waals surface area contributed by atoms with Crippen LogP contribution >= 0.6 is 0 Å². The van der Waals surface area contributed by atoms with E-state index in [-0.39, 0.29) is 30.1 Å². The van der Waals surface area contributed by atoms with Gasteiger partial charge in [-0.2, -0.15) is 18.4 Å². The summed E-state index contributed by atoms with van der Waals surface area (Å²) in [5.74, 6) is -1.51. The van der Waals surface area contributed by atoms with Crippen molar-refractivity contribution in [2.75, 3.05) is 19.6 Å². The van der Waals surface area contributed by atoms with Crippen LogP contribution in [0.4, 0.5) is 13.2 Å². The molecule has 6 unspecified atom stereocenters. The summed E-state index contributed by atoms with van der Waals surface area (Å²) < 4.78 is 38.7. The number of nitriles is 1. The first-order valence-corrected chi connectivity index (χ1v) is 11.9. The molecule has 0 bridgehead atoms. The molecule has 190 valence electrons. The Bertz CT molecular complexity index is 835. The molecule has 1 aliphatic carbocycles. The zero-order chi connectivity index (χ0) is 25.3. The SMILES string of the molecule is CC(C)(C)C(NCC(F)(F)F)C(=O)N1CC2CCCC2C1C(=O)NC(C#N)CC1CCNC1=O. The molecule has 2 aliphatic heterocycles. The average Bonchev–Trinajstić information content (AvgIpc) is 3.41. The number of carbonyl (C=O) groups excluding carboxylic acids is 3. The molecular weight excluding hydrogens is 451 g/mol. The smallest absolute Gasteiger partial charge is 0.356 e. The number of rotatable bonds is 7. The van der Waals surface area contributed by atoms with Gasteiger partial charge < -0.3 is 15.5 Å². The van der Waals surface area contributed by atoms with Crippen molar-refractivity contribution in [3.8, 4) is 6.07 Å². The van der Waals surface area contributed by atoms with Gasteiger partial charge in [-0.05, 0) is 42.9 Å². The first kappa shape index (κ1) is 26.3. The van der Waals surface area contributed by atoms with Crippen LogP contribution in [-0.4, -0.2) is 66.6 Å². The van der Waals surface area contributed by atoms with Gasteiger partial charge in [0.25, 0.3) is 0 Å². The van der Waals surface area contributed by atoms with E-state index in [2.05, 4.69) is 16.0 Å². The van der Waals surface area contributed by atoms with Crippen LogP contribution in [0.2, 0.25) is 0 Å². The van der Waals surface area contributed by atoms with Crippen molar-refractivity contribution >= 4 is 17.7 Å². The maximum absolute atomic E-state index is 13.5. The van der Waals surface area contributed by atoms with Gasteiger partial charge in [0.05, 0.1) is 18.7 Å². The maximum Gasteiger partial charge on any atom is 0.401 e. The molecular formula is C23H34F3N5O3. The highest BCUT2D eigenvalue weighted by Crippen LogP contribution is 2.43. The number of carbonyl (C=O) groups is 3. The molecule has 0 aromatic heterocycles. The number of hydrogen-bond donors (Lipinski definition) is 3. The summed E-state index contributed by atoms with van der Waals surface area (Å²) in [6.45, 7) is 4.58. The number of nitrogens with zero attached hydrogens (tertiary/aromatic N) is 2. The molecule has 0 radical (unpaired) electrons. The Labute approximate surface area is 198 Å². The van der Waals surface area contributed by atoms with Crippen LogP contribution < -0.4 is 16.0 Å². The molecule has 1 saturated carbocycles. The second-order valence-corrected chi connectivity index (χ2v) is 10.8. The van der Waals surface area contributed by atoms with E-state index in [1.165, 1.54) is 4.90 Å². The normalized spacial score (nSPS) is 28.7. The summed E-state index contributed by atoms with van der Waals surface area (Å²) in [6, 6.07) is -0.819. The lowest BCUT2D eigenvalue weighted by Crippen LogP contribution is -2.59. The van der Waals surface area contributed by atoms with Crippen LogP contribution in [0, 0.1) is 34.5 Å². The first-order valence-electron chi connectivity index (χ1n) is 11.9. The van der Waals surface area contributed by atoms with E-state index in [1.807, 2.05) is 6.07 Å². The third-order valence-electron chi connectivity index (χ3n) is 7.22. The highest BCUT2D eigenvalue weighted by Gasteiger charge is 2.52. The maximum atomic E-state index is 13.5. The fourth-order valence-electron chi connectivity index (χ4n) is 5.57. The summed E-state index contributed by atoms with van der Waals surface area (Å²) in [6.07, 6.45) is -1.21. The van der Waals surface area contributed by atoms with Gasteiger partial charge in [-0.25, -0.2) is 0 Å². The van der Waals surface area contributed by atoms with Crippen LogP contribution in [0.1, 0.15) is 52.9 Å². The second-order valence-electron chi connectivity index (χ2n) is 10.8. The molecule has 3 fully saturated rings. The summed E-state index contributed by atoms with van der Waals surface area (Å²) in [5.41, 5.74) is -0.813. The molecule has 2 heterocycles. The highest BCUT2D eigenvalue weighted by molar-refractivity contribution is 5.91. The third-order valence-corrected chi connectivity index (χ3v) is 7.22. The molecule has 3 amide bonds. The summed E-state index contributed by atoms with van der Waals surface area (Å²) in [4.78, 5) is 40.2. The molecule has 8 nitrogen and oxygen atoms in total. The zero-order valence-electron chi connectivity index (χ0n) is 19.9. The van der Waals surface area contributed by atoms with Gasteiger partial charge in [-0.3, -0.25) is 19.7 Å². The molecule has 0 aromatic carbocycles. The van der Waals surface area contributed by atoms with Crippen LogP contribution in [0.25, 0.3) is 0 Å². The van der Waals surface area contributed by atoms with Gasteiger partial charge in [0.2, 0.25) is 17.7 Å². The first-order chi connectivity index (χ1) is 15.8. The highest BCUT2D eigenvalue weighted by atomic mass is 19.4. The van der Waals surface area contributed by atoms with Gasteiger partial charge in [0.1, 0.15) is 12.1 Å². The minimum atomic E-state index is -4.48. The van der Waals surface area contributed by atoms with Crippen molar-refractivity contribution in [3.05, 3.63) is 0 Å². The summed E-state index contributed by atoms with van der Waals surface area (Å²) >= 11 is 0. The fourth-order valence-corrected chi connectivity index (χ4v) is 5.57. The van der Waals surface area contributed by atoms with E-state index < -0.39 is 48.1 Å². The molecule has 3 aliphatic rings. The van der Waals surface area contributed by atoms with E-state index in [9.17, 15) is 32.8 Å². The Morgan fingerprint density at radius 3 is 2.50 bits per heavy atom. The molecule has 11 heteroatoms. The number of halogens is 3. The second kappa shape index (κ2) is 10.1. The van der Waals surface area contributed by atoms with Crippen molar-refractivity contribution in [3.63, 3.8) is 0 Å². The number of fused-ring (bicyclic) bond motifs is 1. The molecule has 2 saturated heterocycles. The lowest BCUT2D eigenvalue weighted by molar-refractivity contribution is -0.147. The largest absolute Gasteiger partial charge is 0.401 e. The number of alkyl halides is 3. The van der Waals surface area contributed by atoms with E-state index >= 15 is 0 Å². The summed E-state index contributed by atoms with van der Waals surface area (Å²) in [7, 11) is 0. The standard InChI is InChI=1S/C23H34F3N5O3/c1-22(2,3)18(29-12-23(24,25)26)21(34)31-11-14-5-4-6-16(14)17(31)20(33)30-15(10-27)9-13-7-8-28-19(13)32/h13-18,29H,4-9,11-12H2,1-3H3,(H,28,32)(H,30,33). The van der Waals surface area contributed by atoms with Crippen molar-refractivity contribution < 1.29 is 27.6 Å². The Balaban J connectivity index is 1.77. The van der Waals surface area contributed by atoms with Gasteiger partial charge in [-0.1, -0.05) is 27.2 Å². The Hall–Kier alpha value is -2.35. The predicted octanol–water partition coefficient (Wildman–Crippen LogP) is 1.71. The molecule has 6 atom stereocenters. The van der Waals surface area contributed by atoms with Crippen LogP contribution in [0.5, 0.6) is 0 Å². The minimum absolute atomic E-state index is 0.0960. The van der Waals surface area contributed by atoms with Crippen molar-refractivity contribution in [2.45, 2.75) is 77.2 Å². The molecule has 34 heavy (non-hydrogen) atoms. The van der Waals surface area contributed by atoms with Crippen molar-refractivity contribution in [2.24, 2.45) is 23.2 Å². The van der Waals surface area contributed by atoms with E-state index in [0.717, 1.165) is 19.3 Å². The van der Waals surface area contributed by atoms with Gasteiger partial charge in [0, 0.05) is 19.0 Å². The quantitative estimate of drug-likeness (QED) is 0.508.